The van der Waals surface area contributed by atoms with Crippen LogP contribution in [-0.2, 0) is 35.2 Å². The molecule has 0 radical (unpaired) electrons. The molecule has 0 aliphatic carbocycles. The first-order valence-electron chi connectivity index (χ1n) is 8.86. The minimum absolute atomic E-state index is 0.0216. The lowest BCUT2D eigenvalue weighted by Gasteiger charge is -2.28. The van der Waals surface area contributed by atoms with E-state index in [1.807, 2.05) is 29.6 Å². The van der Waals surface area contributed by atoms with Crippen LogP contribution in [0.1, 0.15) is 19.4 Å². The number of allylic oxidation sites excluding steroid dienone is 2. The monoisotopic (exact) mass is 415 g/mol. The number of hydrogen-bond acceptors (Lipinski definition) is 8. The standard InChI is InChI=1S/C21H21NO6S/c1-11-16(19(23)26-3)18(17(12(2)22-11)20(24)27-4)21(25)28-9-13-10-29-15-8-6-5-7-14(13)15/h5-8,10,18,22H,9H2,1-4H3. The van der Waals surface area contributed by atoms with E-state index in [1.54, 1.807) is 25.2 Å². The number of dihydropyridines is 1. The summed E-state index contributed by atoms with van der Waals surface area (Å²) in [7, 11) is 2.43. The summed E-state index contributed by atoms with van der Waals surface area (Å²) in [6, 6.07) is 7.79. The van der Waals surface area contributed by atoms with Gasteiger partial charge in [-0.05, 0) is 30.7 Å². The van der Waals surface area contributed by atoms with Gasteiger partial charge in [0, 0.05) is 21.7 Å². The van der Waals surface area contributed by atoms with Crippen LogP contribution in [-0.4, -0.2) is 32.1 Å². The van der Waals surface area contributed by atoms with E-state index >= 15 is 0 Å². The molecule has 152 valence electrons. The summed E-state index contributed by atoms with van der Waals surface area (Å²) >= 11 is 1.55. The van der Waals surface area contributed by atoms with Gasteiger partial charge >= 0.3 is 17.9 Å². The first-order chi connectivity index (χ1) is 13.9. The van der Waals surface area contributed by atoms with E-state index in [0.29, 0.717) is 11.4 Å². The van der Waals surface area contributed by atoms with E-state index < -0.39 is 23.8 Å². The zero-order chi connectivity index (χ0) is 21.1. The van der Waals surface area contributed by atoms with Crippen LogP contribution in [0.25, 0.3) is 10.1 Å². The second-order valence-electron chi connectivity index (χ2n) is 6.48. The fourth-order valence-electron chi connectivity index (χ4n) is 3.37. The fourth-order valence-corrected chi connectivity index (χ4v) is 4.32. The van der Waals surface area contributed by atoms with Crippen LogP contribution in [0.15, 0.2) is 52.2 Å². The number of methoxy groups -OCH3 is 2. The molecule has 29 heavy (non-hydrogen) atoms. The molecule has 1 N–H and O–H groups in total. The van der Waals surface area contributed by atoms with Gasteiger partial charge in [-0.2, -0.15) is 0 Å². The number of carbonyl (C=O) groups is 3. The lowest BCUT2D eigenvalue weighted by atomic mass is 9.85. The largest absolute Gasteiger partial charge is 0.466 e. The van der Waals surface area contributed by atoms with Crippen molar-refractivity contribution in [2.75, 3.05) is 14.2 Å². The van der Waals surface area contributed by atoms with E-state index in [9.17, 15) is 14.4 Å². The maximum absolute atomic E-state index is 13.1. The lowest BCUT2D eigenvalue weighted by molar-refractivity contribution is -0.152. The molecular weight excluding hydrogens is 394 g/mol. The lowest BCUT2D eigenvalue weighted by Crippen LogP contribution is -2.37. The molecule has 0 atom stereocenters. The van der Waals surface area contributed by atoms with Crippen LogP contribution in [0.2, 0.25) is 0 Å². The van der Waals surface area contributed by atoms with Crippen molar-refractivity contribution in [3.8, 4) is 0 Å². The van der Waals surface area contributed by atoms with Crippen molar-refractivity contribution in [1.29, 1.82) is 0 Å². The van der Waals surface area contributed by atoms with Crippen LogP contribution in [0.5, 0.6) is 0 Å². The highest BCUT2D eigenvalue weighted by Gasteiger charge is 2.42. The third-order valence-corrected chi connectivity index (χ3v) is 5.75. The normalized spacial score (nSPS) is 14.6. The molecule has 0 amide bonds. The number of thiophene rings is 1. The first kappa shape index (κ1) is 20.6. The number of rotatable bonds is 5. The number of nitrogens with one attached hydrogen (secondary N) is 1. The molecule has 0 unspecified atom stereocenters. The maximum atomic E-state index is 13.1. The predicted molar refractivity (Wildman–Crippen MR) is 108 cm³/mol. The van der Waals surface area contributed by atoms with E-state index in [2.05, 4.69) is 5.32 Å². The van der Waals surface area contributed by atoms with E-state index in [4.69, 9.17) is 14.2 Å². The van der Waals surface area contributed by atoms with Crippen molar-refractivity contribution in [2.24, 2.45) is 5.92 Å². The summed E-state index contributed by atoms with van der Waals surface area (Å²) in [5.41, 5.74) is 1.75. The highest BCUT2D eigenvalue weighted by molar-refractivity contribution is 7.17. The van der Waals surface area contributed by atoms with Gasteiger partial charge in [0.2, 0.25) is 0 Å². The summed E-state index contributed by atoms with van der Waals surface area (Å²) in [6.07, 6.45) is 0. The number of carbonyl (C=O) groups excluding carboxylic acids is 3. The molecule has 0 bridgehead atoms. The van der Waals surface area contributed by atoms with Gasteiger partial charge < -0.3 is 19.5 Å². The van der Waals surface area contributed by atoms with Crippen LogP contribution < -0.4 is 5.32 Å². The van der Waals surface area contributed by atoms with Crippen molar-refractivity contribution in [3.63, 3.8) is 0 Å². The maximum Gasteiger partial charge on any atom is 0.336 e. The van der Waals surface area contributed by atoms with Gasteiger partial charge in [0.05, 0.1) is 25.4 Å². The van der Waals surface area contributed by atoms with Gasteiger partial charge in [0.1, 0.15) is 12.5 Å². The molecule has 1 aromatic heterocycles. The molecule has 1 aliphatic heterocycles. The Bertz CT molecular complexity index is 1010. The van der Waals surface area contributed by atoms with E-state index in [1.165, 1.54) is 14.2 Å². The minimum atomic E-state index is -1.24. The molecule has 0 spiro atoms. The highest BCUT2D eigenvalue weighted by Crippen LogP contribution is 2.33. The van der Waals surface area contributed by atoms with Crippen molar-refractivity contribution in [2.45, 2.75) is 20.5 Å². The topological polar surface area (TPSA) is 90.9 Å². The second-order valence-corrected chi connectivity index (χ2v) is 7.39. The molecule has 3 rings (SSSR count). The predicted octanol–water partition coefficient (Wildman–Crippen LogP) is 3.06. The Labute approximate surface area is 171 Å². The zero-order valence-corrected chi connectivity index (χ0v) is 17.3. The van der Waals surface area contributed by atoms with Gasteiger partial charge in [-0.15, -0.1) is 11.3 Å². The number of benzene rings is 1. The van der Waals surface area contributed by atoms with Crippen molar-refractivity contribution < 1.29 is 28.6 Å². The number of hydrogen-bond donors (Lipinski definition) is 1. The summed E-state index contributed by atoms with van der Waals surface area (Å²) in [5, 5.41) is 5.86. The van der Waals surface area contributed by atoms with Gasteiger partial charge in [0.25, 0.3) is 0 Å². The molecule has 1 aliphatic rings. The van der Waals surface area contributed by atoms with Gasteiger partial charge in [-0.3, -0.25) is 4.79 Å². The summed E-state index contributed by atoms with van der Waals surface area (Å²) < 4.78 is 16.3. The van der Waals surface area contributed by atoms with Gasteiger partial charge in [0.15, 0.2) is 0 Å². The average molecular weight is 415 g/mol. The highest BCUT2D eigenvalue weighted by atomic mass is 32.1. The van der Waals surface area contributed by atoms with Crippen LogP contribution >= 0.6 is 11.3 Å². The molecule has 7 nitrogen and oxygen atoms in total. The molecule has 2 aromatic rings. The van der Waals surface area contributed by atoms with Crippen LogP contribution in [0.4, 0.5) is 0 Å². The van der Waals surface area contributed by atoms with Gasteiger partial charge in [-0.25, -0.2) is 9.59 Å². The number of fused-ring (bicyclic) bond motifs is 1. The Balaban J connectivity index is 1.93. The Morgan fingerprint density at radius 1 is 1.00 bits per heavy atom. The first-order valence-corrected chi connectivity index (χ1v) is 9.74. The smallest absolute Gasteiger partial charge is 0.336 e. The second kappa shape index (κ2) is 8.48. The fraction of sp³-hybridized carbons (Fsp3) is 0.286. The molecule has 0 saturated carbocycles. The Kier molecular flexibility index (Phi) is 6.03. The molecular formula is C21H21NO6S. The van der Waals surface area contributed by atoms with Crippen LogP contribution in [0, 0.1) is 5.92 Å². The van der Waals surface area contributed by atoms with E-state index in [0.717, 1.165) is 15.6 Å². The summed E-state index contributed by atoms with van der Waals surface area (Å²) in [4.78, 5) is 37.8. The minimum Gasteiger partial charge on any atom is -0.466 e. The average Bonchev–Trinajstić information content (AvgIpc) is 3.13. The number of ether oxygens (including phenoxy) is 3. The third kappa shape index (κ3) is 3.88. The molecule has 8 heteroatoms. The Hall–Kier alpha value is -3.13. The van der Waals surface area contributed by atoms with Gasteiger partial charge in [-0.1, -0.05) is 18.2 Å². The number of esters is 3. The van der Waals surface area contributed by atoms with Crippen LogP contribution in [0.3, 0.4) is 0 Å². The Morgan fingerprint density at radius 2 is 1.59 bits per heavy atom. The molecule has 0 saturated heterocycles. The van der Waals surface area contributed by atoms with Crippen molar-refractivity contribution in [1.82, 2.24) is 5.32 Å². The summed E-state index contributed by atoms with van der Waals surface area (Å²) in [6.45, 7) is 3.29. The molecule has 0 fully saturated rings. The Morgan fingerprint density at radius 3 is 2.17 bits per heavy atom. The SMILES string of the molecule is COC(=O)C1=C(C)NC(C)=C(C(=O)OC)C1C(=O)OCc1csc2ccccc12. The molecule has 2 heterocycles. The molecule has 1 aromatic carbocycles. The quantitative estimate of drug-likeness (QED) is 0.593. The summed E-state index contributed by atoms with van der Waals surface area (Å²) in [5.74, 6) is -3.39. The van der Waals surface area contributed by atoms with Crippen molar-refractivity contribution in [3.05, 3.63) is 57.7 Å². The zero-order valence-electron chi connectivity index (χ0n) is 16.5. The van der Waals surface area contributed by atoms with Crippen molar-refractivity contribution >= 4 is 39.3 Å². The third-order valence-electron chi connectivity index (χ3n) is 4.74. The van der Waals surface area contributed by atoms with E-state index in [-0.39, 0.29) is 17.8 Å².